The molecule has 2 atom stereocenters. The minimum Gasteiger partial charge on any atom is -0.356 e. The molecule has 0 aromatic carbocycles. The van der Waals surface area contributed by atoms with Crippen LogP contribution < -0.4 is 10.6 Å². The van der Waals surface area contributed by atoms with Crippen LogP contribution in [0.3, 0.4) is 0 Å². The Kier molecular flexibility index (Phi) is 8.21. The van der Waals surface area contributed by atoms with Crippen LogP contribution in [0, 0.1) is 12.8 Å². The number of nitrogens with one attached hydrogen (secondary N) is 2. The second kappa shape index (κ2) is 10.2. The van der Waals surface area contributed by atoms with Crippen LogP contribution >= 0.6 is 11.8 Å². The third kappa shape index (κ3) is 5.87. The van der Waals surface area contributed by atoms with Crippen molar-refractivity contribution in [3.05, 3.63) is 11.6 Å². The second-order valence-electron chi connectivity index (χ2n) is 7.44. The van der Waals surface area contributed by atoms with Crippen LogP contribution in [-0.2, 0) is 13.6 Å². The third-order valence-electron chi connectivity index (χ3n) is 5.07. The van der Waals surface area contributed by atoms with Crippen LogP contribution in [0.15, 0.2) is 4.99 Å². The maximum atomic E-state index is 4.78. The van der Waals surface area contributed by atoms with Crippen LogP contribution in [0.1, 0.15) is 38.8 Å². The summed E-state index contributed by atoms with van der Waals surface area (Å²) in [4.78, 5) is 7.31. The molecule has 0 spiro atoms. The van der Waals surface area contributed by atoms with Gasteiger partial charge in [-0.05, 0) is 45.1 Å². The Hall–Kier alpha value is -1.28. The van der Waals surface area contributed by atoms with Gasteiger partial charge in [-0.25, -0.2) is 4.99 Å². The molecule has 0 amide bonds. The summed E-state index contributed by atoms with van der Waals surface area (Å²) < 4.78 is 1.99. The molecule has 0 saturated carbocycles. The molecule has 8 heteroatoms. The molecule has 0 aliphatic carbocycles. The fourth-order valence-corrected chi connectivity index (χ4v) is 3.54. The van der Waals surface area contributed by atoms with Gasteiger partial charge in [0.2, 0.25) is 0 Å². The van der Waals surface area contributed by atoms with Crippen molar-refractivity contribution in [2.75, 3.05) is 31.6 Å². The summed E-state index contributed by atoms with van der Waals surface area (Å²) in [6.07, 6.45) is 3.27. The Morgan fingerprint density at radius 1 is 1.35 bits per heavy atom. The van der Waals surface area contributed by atoms with E-state index in [-0.39, 0.29) is 0 Å². The van der Waals surface area contributed by atoms with Gasteiger partial charge in [0, 0.05) is 38.8 Å². The zero-order chi connectivity index (χ0) is 19.1. The highest BCUT2D eigenvalue weighted by atomic mass is 32.2. The lowest BCUT2D eigenvalue weighted by molar-refractivity contribution is 0.265. The Balaban J connectivity index is 2.00. The predicted octanol–water partition coefficient (Wildman–Crippen LogP) is 1.64. The molecule has 0 radical (unpaired) electrons. The predicted molar refractivity (Wildman–Crippen MR) is 111 cm³/mol. The summed E-state index contributed by atoms with van der Waals surface area (Å²) >= 11 is 1.88. The summed E-state index contributed by atoms with van der Waals surface area (Å²) in [5.74, 6) is 4.44. The van der Waals surface area contributed by atoms with Crippen molar-refractivity contribution in [2.24, 2.45) is 18.0 Å². The lowest BCUT2D eigenvalue weighted by atomic mass is 10.1. The minimum absolute atomic E-state index is 0.422. The molecule has 2 N–H and O–H groups in total. The first-order valence-corrected chi connectivity index (χ1v) is 10.9. The lowest BCUT2D eigenvalue weighted by Crippen LogP contribution is -2.47. The van der Waals surface area contributed by atoms with Gasteiger partial charge in [-0.1, -0.05) is 6.92 Å². The zero-order valence-corrected chi connectivity index (χ0v) is 17.9. The molecular formula is C18H35N7S. The van der Waals surface area contributed by atoms with Gasteiger partial charge >= 0.3 is 0 Å². The van der Waals surface area contributed by atoms with E-state index in [2.05, 4.69) is 52.8 Å². The lowest BCUT2D eigenvalue weighted by Gasteiger charge is -2.22. The molecule has 1 fully saturated rings. The van der Waals surface area contributed by atoms with Gasteiger partial charge in [0.25, 0.3) is 0 Å². The van der Waals surface area contributed by atoms with Crippen molar-refractivity contribution in [2.45, 2.75) is 52.7 Å². The van der Waals surface area contributed by atoms with E-state index < -0.39 is 0 Å². The number of aryl methyl sites for hydroxylation is 1. The molecular weight excluding hydrogens is 346 g/mol. The summed E-state index contributed by atoms with van der Waals surface area (Å²) in [6.45, 7) is 12.5. The van der Waals surface area contributed by atoms with Gasteiger partial charge in [0.15, 0.2) is 11.8 Å². The first-order valence-electron chi connectivity index (χ1n) is 9.55. The number of nitrogens with zero attached hydrogens (tertiary/aromatic N) is 5. The van der Waals surface area contributed by atoms with Crippen LogP contribution in [0.2, 0.25) is 0 Å². The van der Waals surface area contributed by atoms with E-state index >= 15 is 0 Å². The summed E-state index contributed by atoms with van der Waals surface area (Å²) in [5.41, 5.74) is 0. The largest absolute Gasteiger partial charge is 0.356 e. The summed E-state index contributed by atoms with van der Waals surface area (Å²) in [6, 6.07) is 1.01. The van der Waals surface area contributed by atoms with E-state index in [1.807, 2.05) is 30.3 Å². The van der Waals surface area contributed by atoms with E-state index in [9.17, 15) is 0 Å². The second-order valence-corrected chi connectivity index (χ2v) is 8.42. The highest BCUT2D eigenvalue weighted by molar-refractivity contribution is 7.98. The SMILES string of the molecule is CSCCCNC(=NCc1nnc(C)n1C)NC1CN(C(C)C)CC1C. The van der Waals surface area contributed by atoms with E-state index in [1.54, 1.807) is 0 Å². The Morgan fingerprint density at radius 3 is 2.69 bits per heavy atom. The van der Waals surface area contributed by atoms with Crippen molar-refractivity contribution >= 4 is 17.7 Å². The standard InChI is InChI=1S/C18H35N7S/c1-13(2)25-11-14(3)16(12-25)21-18(19-8-7-9-26-6)20-10-17-23-22-15(4)24(17)5/h13-14,16H,7-12H2,1-6H3,(H2,19,20,21). The summed E-state index contributed by atoms with van der Waals surface area (Å²) in [7, 11) is 1.98. The Labute approximate surface area is 162 Å². The Morgan fingerprint density at radius 2 is 2.12 bits per heavy atom. The normalized spacial score (nSPS) is 21.6. The van der Waals surface area contributed by atoms with Gasteiger partial charge in [0.1, 0.15) is 12.4 Å². The monoisotopic (exact) mass is 381 g/mol. The molecule has 1 aromatic rings. The van der Waals surface area contributed by atoms with Gasteiger partial charge in [-0.2, -0.15) is 11.8 Å². The third-order valence-corrected chi connectivity index (χ3v) is 5.77. The molecule has 1 saturated heterocycles. The molecule has 7 nitrogen and oxygen atoms in total. The van der Waals surface area contributed by atoms with E-state index in [0.717, 1.165) is 49.4 Å². The van der Waals surface area contributed by atoms with Crippen molar-refractivity contribution in [3.63, 3.8) is 0 Å². The average molecular weight is 382 g/mol. The van der Waals surface area contributed by atoms with E-state index in [4.69, 9.17) is 4.99 Å². The molecule has 2 unspecified atom stereocenters. The van der Waals surface area contributed by atoms with E-state index in [1.165, 1.54) is 0 Å². The highest BCUT2D eigenvalue weighted by Crippen LogP contribution is 2.18. The molecule has 26 heavy (non-hydrogen) atoms. The molecule has 2 heterocycles. The molecule has 1 aliphatic rings. The minimum atomic E-state index is 0.422. The molecule has 2 rings (SSSR count). The number of likely N-dealkylation sites (tertiary alicyclic amines) is 1. The zero-order valence-electron chi connectivity index (χ0n) is 17.1. The van der Waals surface area contributed by atoms with Crippen molar-refractivity contribution in [3.8, 4) is 0 Å². The maximum absolute atomic E-state index is 4.78. The van der Waals surface area contributed by atoms with Crippen molar-refractivity contribution in [1.82, 2.24) is 30.3 Å². The van der Waals surface area contributed by atoms with Gasteiger partial charge in [0.05, 0.1) is 0 Å². The van der Waals surface area contributed by atoms with Gasteiger partial charge in [-0.3, -0.25) is 4.90 Å². The van der Waals surface area contributed by atoms with E-state index in [0.29, 0.717) is 24.5 Å². The van der Waals surface area contributed by atoms with Gasteiger partial charge < -0.3 is 15.2 Å². The fourth-order valence-electron chi connectivity index (χ4n) is 3.10. The number of thioether (sulfide) groups is 1. The smallest absolute Gasteiger partial charge is 0.191 e. The number of hydrogen-bond acceptors (Lipinski definition) is 5. The first kappa shape index (κ1) is 21.0. The van der Waals surface area contributed by atoms with Gasteiger partial charge in [-0.15, -0.1) is 10.2 Å². The topological polar surface area (TPSA) is 70.4 Å². The number of hydrogen-bond donors (Lipinski definition) is 2. The van der Waals surface area contributed by atoms with Crippen molar-refractivity contribution in [1.29, 1.82) is 0 Å². The van der Waals surface area contributed by atoms with Crippen LogP contribution in [0.4, 0.5) is 0 Å². The van der Waals surface area contributed by atoms with Crippen molar-refractivity contribution < 1.29 is 0 Å². The molecule has 1 aromatic heterocycles. The Bertz CT molecular complexity index is 584. The molecule has 148 valence electrons. The average Bonchev–Trinajstić information content (AvgIpc) is 3.13. The molecule has 1 aliphatic heterocycles. The first-order chi connectivity index (χ1) is 12.4. The van der Waals surface area contributed by atoms with Crippen LogP contribution in [-0.4, -0.2) is 69.4 Å². The highest BCUT2D eigenvalue weighted by Gasteiger charge is 2.31. The number of aromatic nitrogens is 3. The maximum Gasteiger partial charge on any atom is 0.191 e. The quantitative estimate of drug-likeness (QED) is 0.405. The number of guanidine groups is 1. The number of rotatable bonds is 8. The van der Waals surface area contributed by atoms with Crippen LogP contribution in [0.25, 0.3) is 0 Å². The fraction of sp³-hybridized carbons (Fsp3) is 0.833. The summed E-state index contributed by atoms with van der Waals surface area (Å²) in [5, 5.41) is 15.5. The number of aliphatic imine (C=N–C) groups is 1. The van der Waals surface area contributed by atoms with Crippen LogP contribution in [0.5, 0.6) is 0 Å². The molecule has 0 bridgehead atoms.